The molecular weight excluding hydrogens is 118 g/mol. The predicted molar refractivity (Wildman–Crippen MR) is 33.5 cm³/mol. The van der Waals surface area contributed by atoms with Gasteiger partial charge in [0.15, 0.2) is 0 Å². The number of hydrogen-bond acceptors (Lipinski definition) is 2. The lowest BCUT2D eigenvalue weighted by molar-refractivity contribution is 0.163. The summed E-state index contributed by atoms with van der Waals surface area (Å²) in [6.07, 6.45) is 5.54. The summed E-state index contributed by atoms with van der Waals surface area (Å²) >= 11 is 0. The van der Waals surface area contributed by atoms with Gasteiger partial charge in [-0.3, -0.25) is 0 Å². The van der Waals surface area contributed by atoms with Gasteiger partial charge in [0.25, 0.3) is 0 Å². The summed E-state index contributed by atoms with van der Waals surface area (Å²) < 4.78 is 4.42. The number of alkyl carbamates (subject to hydrolysis) is 1. The van der Waals surface area contributed by atoms with Gasteiger partial charge in [-0.05, 0) is 0 Å². The molecule has 0 radical (unpaired) electrons. The summed E-state index contributed by atoms with van der Waals surface area (Å²) in [6, 6.07) is 1.92. The Labute approximate surface area is 53.7 Å². The first-order chi connectivity index (χ1) is 4.31. The minimum Gasteiger partial charge on any atom is -0.445 e. The molecule has 48 valence electrons. The molecule has 1 N–H and O–H groups in total. The van der Waals surface area contributed by atoms with Crippen molar-refractivity contribution in [2.45, 2.75) is 0 Å². The fourth-order valence-corrected chi connectivity index (χ4v) is 0.230. The molecule has 0 aromatic carbocycles. The zero-order chi connectivity index (χ0) is 7.11. The van der Waals surface area contributed by atoms with Gasteiger partial charge in [-0.2, -0.15) is 0 Å². The zero-order valence-corrected chi connectivity index (χ0v) is 4.89. The molecule has 0 atom stereocenters. The van der Waals surface area contributed by atoms with Gasteiger partial charge in [-0.25, -0.2) is 10.1 Å². The molecule has 0 spiro atoms. The third-order valence-electron chi connectivity index (χ3n) is 0.507. The number of ether oxygens (including phenoxy) is 1. The number of rotatable bonds is 2. The Bertz CT molecular complexity index is 146. The monoisotopic (exact) mass is 125 g/mol. The van der Waals surface area contributed by atoms with Crippen LogP contribution in [-0.2, 0) is 4.74 Å². The lowest BCUT2D eigenvalue weighted by atomic mass is 10.7. The number of carbonyl (C=O) groups excluding carboxylic acids is 1. The van der Waals surface area contributed by atoms with Crippen LogP contribution >= 0.6 is 0 Å². The molecule has 0 heterocycles. The van der Waals surface area contributed by atoms with Crippen LogP contribution in [0.5, 0.6) is 0 Å². The molecule has 9 heavy (non-hydrogen) atoms. The summed E-state index contributed by atoms with van der Waals surface area (Å²) in [6.45, 7) is 3.51. The molecule has 0 saturated carbocycles. The van der Waals surface area contributed by atoms with Crippen LogP contribution in [0.15, 0.2) is 12.7 Å². The number of nitrogens with one attached hydrogen (secondary N) is 1. The summed E-state index contributed by atoms with van der Waals surface area (Å²) in [7, 11) is 0. The van der Waals surface area contributed by atoms with E-state index in [1.807, 2.05) is 11.4 Å². The van der Waals surface area contributed by atoms with Crippen LogP contribution in [0.25, 0.3) is 0 Å². The highest BCUT2D eigenvalue weighted by Gasteiger charge is 1.92. The average molecular weight is 125 g/mol. The largest absolute Gasteiger partial charge is 0.445 e. The second-order valence-corrected chi connectivity index (χ2v) is 1.16. The maximum Gasteiger partial charge on any atom is 0.419 e. The van der Waals surface area contributed by atoms with Crippen LogP contribution in [0.2, 0.25) is 0 Å². The second kappa shape index (κ2) is 4.72. The SMILES string of the molecule is C#CNC(=O)OCC=C. The van der Waals surface area contributed by atoms with Gasteiger partial charge in [0.2, 0.25) is 0 Å². The number of terminal acetylenes is 1. The van der Waals surface area contributed by atoms with E-state index in [-0.39, 0.29) is 6.61 Å². The Kier molecular flexibility index (Phi) is 3.97. The molecule has 0 unspecified atom stereocenters. The first kappa shape index (κ1) is 7.57. The third-order valence-corrected chi connectivity index (χ3v) is 0.507. The molecule has 0 aliphatic carbocycles. The van der Waals surface area contributed by atoms with E-state index in [1.54, 1.807) is 0 Å². The van der Waals surface area contributed by atoms with E-state index in [9.17, 15) is 4.79 Å². The van der Waals surface area contributed by atoms with Crippen molar-refractivity contribution in [3.05, 3.63) is 12.7 Å². The van der Waals surface area contributed by atoms with Gasteiger partial charge in [-0.15, -0.1) is 0 Å². The molecule has 0 bridgehead atoms. The Morgan fingerprint density at radius 3 is 3.11 bits per heavy atom. The highest BCUT2D eigenvalue weighted by atomic mass is 16.5. The molecule has 3 heteroatoms. The smallest absolute Gasteiger partial charge is 0.419 e. The molecular formula is C6H7NO2. The Morgan fingerprint density at radius 1 is 2.00 bits per heavy atom. The molecule has 0 saturated heterocycles. The Balaban J connectivity index is 3.29. The number of carbonyl (C=O) groups is 1. The summed E-state index contributed by atoms with van der Waals surface area (Å²) in [4.78, 5) is 10.3. The van der Waals surface area contributed by atoms with E-state index in [0.717, 1.165) is 0 Å². The zero-order valence-electron chi connectivity index (χ0n) is 4.89. The van der Waals surface area contributed by atoms with Gasteiger partial charge in [0, 0.05) is 6.04 Å². The molecule has 0 aromatic rings. The number of amides is 1. The molecule has 1 amide bonds. The number of hydrogen-bond donors (Lipinski definition) is 1. The standard InChI is InChI=1S/C6H7NO2/c1-3-5-9-6(8)7-4-2/h2-3H,1,5H2,(H,7,8). The Hall–Kier alpha value is -1.43. The van der Waals surface area contributed by atoms with E-state index in [0.29, 0.717) is 0 Å². The van der Waals surface area contributed by atoms with Crippen LogP contribution in [0.4, 0.5) is 4.79 Å². The van der Waals surface area contributed by atoms with Crippen molar-refractivity contribution in [3.8, 4) is 12.5 Å². The third kappa shape index (κ3) is 4.42. The predicted octanol–water partition coefficient (Wildman–Crippen LogP) is 0.489. The van der Waals surface area contributed by atoms with Crippen molar-refractivity contribution in [3.63, 3.8) is 0 Å². The fraction of sp³-hybridized carbons (Fsp3) is 0.167. The van der Waals surface area contributed by atoms with Gasteiger partial charge in [-0.1, -0.05) is 19.1 Å². The van der Waals surface area contributed by atoms with Crippen molar-refractivity contribution in [2.75, 3.05) is 6.61 Å². The van der Waals surface area contributed by atoms with Crippen LogP contribution in [0.3, 0.4) is 0 Å². The van der Waals surface area contributed by atoms with Crippen molar-refractivity contribution >= 4 is 6.09 Å². The highest BCUT2D eigenvalue weighted by Crippen LogP contribution is 1.74. The van der Waals surface area contributed by atoms with Crippen LogP contribution in [-0.4, -0.2) is 12.7 Å². The van der Waals surface area contributed by atoms with Crippen molar-refractivity contribution in [1.82, 2.24) is 5.32 Å². The molecule has 0 aliphatic heterocycles. The van der Waals surface area contributed by atoms with Gasteiger partial charge in [0.05, 0.1) is 0 Å². The highest BCUT2D eigenvalue weighted by molar-refractivity contribution is 5.69. The maximum atomic E-state index is 10.3. The lowest BCUT2D eigenvalue weighted by Gasteiger charge is -1.95. The molecule has 0 aliphatic rings. The van der Waals surface area contributed by atoms with E-state index in [4.69, 9.17) is 6.42 Å². The van der Waals surface area contributed by atoms with Gasteiger partial charge < -0.3 is 4.74 Å². The van der Waals surface area contributed by atoms with Crippen LogP contribution in [0, 0.1) is 12.5 Å². The normalized spacial score (nSPS) is 7.00. The minimum atomic E-state index is -0.627. The first-order valence-electron chi connectivity index (χ1n) is 2.30. The maximum absolute atomic E-state index is 10.3. The van der Waals surface area contributed by atoms with Gasteiger partial charge in [0.1, 0.15) is 6.61 Å². The van der Waals surface area contributed by atoms with Crippen LogP contribution in [0.1, 0.15) is 0 Å². The topological polar surface area (TPSA) is 38.3 Å². The van der Waals surface area contributed by atoms with Crippen LogP contribution < -0.4 is 5.32 Å². The first-order valence-corrected chi connectivity index (χ1v) is 2.30. The van der Waals surface area contributed by atoms with Crippen molar-refractivity contribution in [1.29, 1.82) is 0 Å². The summed E-state index contributed by atoms with van der Waals surface area (Å²) in [5, 5.41) is 2.00. The van der Waals surface area contributed by atoms with Crippen molar-refractivity contribution < 1.29 is 9.53 Å². The van der Waals surface area contributed by atoms with Gasteiger partial charge >= 0.3 is 6.09 Å². The minimum absolute atomic E-state index is 0.174. The second-order valence-electron chi connectivity index (χ2n) is 1.16. The summed E-state index contributed by atoms with van der Waals surface area (Å²) in [5.74, 6) is 0. The average Bonchev–Trinajstić information content (AvgIpc) is 1.85. The van der Waals surface area contributed by atoms with E-state index >= 15 is 0 Å². The van der Waals surface area contributed by atoms with E-state index in [2.05, 4.69) is 11.3 Å². The molecule has 3 nitrogen and oxygen atoms in total. The van der Waals surface area contributed by atoms with Crippen molar-refractivity contribution in [2.24, 2.45) is 0 Å². The quantitative estimate of drug-likeness (QED) is 0.331. The fourth-order valence-electron chi connectivity index (χ4n) is 0.230. The lowest BCUT2D eigenvalue weighted by Crippen LogP contribution is -2.18. The van der Waals surface area contributed by atoms with E-state index < -0.39 is 6.09 Å². The molecule has 0 aromatic heterocycles. The summed E-state index contributed by atoms with van der Waals surface area (Å²) in [5.41, 5.74) is 0. The molecule has 0 rings (SSSR count). The molecule has 0 fully saturated rings. The Morgan fingerprint density at radius 2 is 2.67 bits per heavy atom. The van der Waals surface area contributed by atoms with E-state index in [1.165, 1.54) is 6.08 Å².